The largest absolute Gasteiger partial charge is 0.496 e. The summed E-state index contributed by atoms with van der Waals surface area (Å²) < 4.78 is 9.98. The predicted molar refractivity (Wildman–Crippen MR) is 108 cm³/mol. The first-order valence-electron chi connectivity index (χ1n) is 9.11. The summed E-state index contributed by atoms with van der Waals surface area (Å²) in [7, 11) is 1.59. The Morgan fingerprint density at radius 3 is 2.39 bits per heavy atom. The van der Waals surface area contributed by atoms with E-state index < -0.39 is 0 Å². The highest BCUT2D eigenvalue weighted by Gasteiger charge is 2.03. The van der Waals surface area contributed by atoms with Gasteiger partial charge < -0.3 is 20.1 Å². The third-order valence-electron chi connectivity index (χ3n) is 3.78. The zero-order valence-electron chi connectivity index (χ0n) is 16.6. The van der Waals surface area contributed by atoms with Crippen LogP contribution in [0.1, 0.15) is 32.3 Å². The van der Waals surface area contributed by atoms with Gasteiger partial charge in [-0.1, -0.05) is 18.2 Å². The van der Waals surface area contributed by atoms with E-state index in [-0.39, 0.29) is 24.4 Å². The van der Waals surface area contributed by atoms with Crippen molar-refractivity contribution in [1.29, 1.82) is 0 Å². The van der Waals surface area contributed by atoms with Crippen molar-refractivity contribution in [3.05, 3.63) is 47.6 Å². The van der Waals surface area contributed by atoms with Crippen LogP contribution in [0.3, 0.4) is 0 Å². The Hall–Kier alpha value is -3.09. The molecule has 0 aliphatic carbocycles. The summed E-state index contributed by atoms with van der Waals surface area (Å²) in [5.74, 6) is -0.0566. The van der Waals surface area contributed by atoms with Crippen LogP contribution in [0.5, 0.6) is 5.75 Å². The first-order chi connectivity index (χ1) is 13.4. The monoisotopic (exact) mass is 388 g/mol. The van der Waals surface area contributed by atoms with Crippen LogP contribution in [0.4, 0.5) is 0 Å². The summed E-state index contributed by atoms with van der Waals surface area (Å²) in [6, 6.07) is 7.45. The van der Waals surface area contributed by atoms with E-state index in [9.17, 15) is 14.4 Å². The van der Waals surface area contributed by atoms with Gasteiger partial charge in [0, 0.05) is 37.2 Å². The molecule has 7 nitrogen and oxygen atoms in total. The highest BCUT2D eigenvalue weighted by molar-refractivity contribution is 5.93. The fraction of sp³-hybridized carbons (Fsp3) is 0.381. The van der Waals surface area contributed by atoms with Gasteiger partial charge in [0.25, 0.3) is 0 Å². The molecular weight excluding hydrogens is 360 g/mol. The van der Waals surface area contributed by atoms with Gasteiger partial charge in [-0.05, 0) is 38.0 Å². The number of esters is 1. The lowest BCUT2D eigenvalue weighted by molar-refractivity contribution is -0.139. The summed E-state index contributed by atoms with van der Waals surface area (Å²) in [5.41, 5.74) is 1.33. The van der Waals surface area contributed by atoms with Crippen molar-refractivity contribution in [3.8, 4) is 5.75 Å². The minimum atomic E-state index is -0.385. The Balaban J connectivity index is 2.20. The lowest BCUT2D eigenvalue weighted by atomic mass is 10.2. The number of hydrogen-bond donors (Lipinski definition) is 2. The van der Waals surface area contributed by atoms with Gasteiger partial charge >= 0.3 is 5.97 Å². The molecule has 0 aliphatic rings. The molecule has 1 aromatic carbocycles. The van der Waals surface area contributed by atoms with Crippen molar-refractivity contribution >= 4 is 23.9 Å². The lowest BCUT2D eigenvalue weighted by Gasteiger charge is -2.06. The van der Waals surface area contributed by atoms with Crippen molar-refractivity contribution in [1.82, 2.24) is 10.6 Å². The van der Waals surface area contributed by atoms with Crippen molar-refractivity contribution in [2.24, 2.45) is 0 Å². The number of para-hydroxylation sites is 1. The van der Waals surface area contributed by atoms with Crippen molar-refractivity contribution in [3.63, 3.8) is 0 Å². The highest BCUT2D eigenvalue weighted by atomic mass is 16.5. The average molecular weight is 388 g/mol. The van der Waals surface area contributed by atoms with Crippen LogP contribution in [-0.2, 0) is 19.1 Å². The maximum absolute atomic E-state index is 11.8. The Bertz CT molecular complexity index is 725. The smallest absolute Gasteiger partial charge is 0.302 e. The van der Waals surface area contributed by atoms with E-state index in [4.69, 9.17) is 9.47 Å². The number of carbonyl (C=O) groups excluding carboxylic acids is 3. The molecule has 0 bridgehead atoms. The molecule has 2 N–H and O–H groups in total. The molecule has 1 rings (SSSR count). The molecule has 0 fully saturated rings. The van der Waals surface area contributed by atoms with Gasteiger partial charge in [0.2, 0.25) is 11.8 Å². The Labute approximate surface area is 165 Å². The number of carbonyl (C=O) groups is 3. The molecule has 0 aromatic heterocycles. The van der Waals surface area contributed by atoms with Crippen LogP contribution in [0.25, 0.3) is 6.08 Å². The fourth-order valence-corrected chi connectivity index (χ4v) is 2.21. The van der Waals surface area contributed by atoms with Crippen molar-refractivity contribution in [2.75, 3.05) is 26.8 Å². The molecule has 0 aliphatic heterocycles. The molecule has 2 amide bonds. The zero-order valence-corrected chi connectivity index (χ0v) is 16.6. The Morgan fingerprint density at radius 2 is 1.71 bits per heavy atom. The van der Waals surface area contributed by atoms with Gasteiger partial charge in [-0.25, -0.2) is 0 Å². The molecule has 0 saturated carbocycles. The molecule has 0 atom stereocenters. The molecule has 0 unspecified atom stereocenters. The molecule has 7 heteroatoms. The fourth-order valence-electron chi connectivity index (χ4n) is 2.21. The molecule has 0 radical (unpaired) electrons. The molecule has 0 spiro atoms. The standard InChI is InChI=1S/C21H28N2O5/c1-16(12-15-28-17(2)24)21(26)23-14-7-6-13-22-20(25)11-10-18-8-4-5-9-19(18)27-3/h4-5,8-12H,6-7,13-15H2,1-3H3,(H,22,25)(H,23,26)/b11-10+,16-12+. The minimum Gasteiger partial charge on any atom is -0.496 e. The number of benzene rings is 1. The van der Waals surface area contributed by atoms with E-state index in [1.54, 1.807) is 26.2 Å². The van der Waals surface area contributed by atoms with Crippen LogP contribution in [0, 0.1) is 0 Å². The Kier molecular flexibility index (Phi) is 10.8. The van der Waals surface area contributed by atoms with Gasteiger partial charge in [-0.2, -0.15) is 0 Å². The second-order valence-electron chi connectivity index (χ2n) is 6.02. The van der Waals surface area contributed by atoms with Crippen LogP contribution < -0.4 is 15.4 Å². The van der Waals surface area contributed by atoms with Gasteiger partial charge in [0.05, 0.1) is 7.11 Å². The first-order valence-corrected chi connectivity index (χ1v) is 9.11. The first kappa shape index (κ1) is 23.0. The normalized spacial score (nSPS) is 11.2. The number of methoxy groups -OCH3 is 1. The van der Waals surface area contributed by atoms with Gasteiger partial charge in [0.15, 0.2) is 0 Å². The van der Waals surface area contributed by atoms with Crippen LogP contribution >= 0.6 is 0 Å². The number of amides is 2. The van der Waals surface area contributed by atoms with Crippen LogP contribution in [0.2, 0.25) is 0 Å². The van der Waals surface area contributed by atoms with E-state index in [1.807, 2.05) is 24.3 Å². The predicted octanol–water partition coefficient (Wildman–Crippen LogP) is 2.23. The number of nitrogens with one attached hydrogen (secondary N) is 2. The van der Waals surface area contributed by atoms with Gasteiger partial charge in [0.1, 0.15) is 12.4 Å². The second kappa shape index (κ2) is 13.1. The van der Waals surface area contributed by atoms with E-state index in [0.29, 0.717) is 24.4 Å². The van der Waals surface area contributed by atoms with E-state index in [2.05, 4.69) is 10.6 Å². The summed E-state index contributed by atoms with van der Waals surface area (Å²) in [6.07, 6.45) is 6.21. The van der Waals surface area contributed by atoms with Gasteiger partial charge in [-0.15, -0.1) is 0 Å². The molecular formula is C21H28N2O5. The summed E-state index contributed by atoms with van der Waals surface area (Å²) in [6.45, 7) is 4.09. The Morgan fingerprint density at radius 1 is 1.04 bits per heavy atom. The van der Waals surface area contributed by atoms with E-state index in [1.165, 1.54) is 13.0 Å². The SMILES string of the molecule is COc1ccccc1/C=C/C(=O)NCCCCNC(=O)/C(C)=C/COC(C)=O. The summed E-state index contributed by atoms with van der Waals surface area (Å²) in [4.78, 5) is 34.3. The second-order valence-corrected chi connectivity index (χ2v) is 6.02. The molecule has 1 aromatic rings. The average Bonchev–Trinajstić information content (AvgIpc) is 2.68. The quantitative estimate of drug-likeness (QED) is 0.344. The maximum Gasteiger partial charge on any atom is 0.302 e. The lowest BCUT2D eigenvalue weighted by Crippen LogP contribution is -2.27. The van der Waals surface area contributed by atoms with E-state index in [0.717, 1.165) is 18.4 Å². The minimum absolute atomic E-state index is 0.0863. The van der Waals surface area contributed by atoms with Crippen LogP contribution in [-0.4, -0.2) is 44.6 Å². The number of unbranched alkanes of at least 4 members (excludes halogenated alkanes) is 1. The summed E-state index contributed by atoms with van der Waals surface area (Å²) in [5, 5.41) is 5.58. The third-order valence-corrected chi connectivity index (χ3v) is 3.78. The zero-order chi connectivity index (χ0) is 20.8. The van der Waals surface area contributed by atoms with Crippen molar-refractivity contribution in [2.45, 2.75) is 26.7 Å². The van der Waals surface area contributed by atoms with Crippen LogP contribution in [0.15, 0.2) is 42.0 Å². The maximum atomic E-state index is 11.8. The topological polar surface area (TPSA) is 93.7 Å². The highest BCUT2D eigenvalue weighted by Crippen LogP contribution is 2.18. The van der Waals surface area contributed by atoms with E-state index >= 15 is 0 Å². The number of rotatable bonds is 11. The number of ether oxygens (including phenoxy) is 2. The molecule has 0 saturated heterocycles. The van der Waals surface area contributed by atoms with Gasteiger partial charge in [-0.3, -0.25) is 14.4 Å². The molecule has 152 valence electrons. The third kappa shape index (κ3) is 9.56. The molecule has 28 heavy (non-hydrogen) atoms. The van der Waals surface area contributed by atoms with Crippen molar-refractivity contribution < 1.29 is 23.9 Å². The molecule has 0 heterocycles. The summed E-state index contributed by atoms with van der Waals surface area (Å²) >= 11 is 0. The number of hydrogen-bond acceptors (Lipinski definition) is 5.